The number of piperidine rings is 1. The zero-order valence-corrected chi connectivity index (χ0v) is 16.7. The second kappa shape index (κ2) is 9.52. The molecule has 0 spiro atoms. The van der Waals surface area contributed by atoms with Crippen molar-refractivity contribution in [3.8, 4) is 0 Å². The molecule has 3 heterocycles. The number of aromatic amines is 1. The summed E-state index contributed by atoms with van der Waals surface area (Å²) in [7, 11) is 0. The number of carbonyl (C=O) groups excluding carboxylic acids is 1. The normalized spacial score (nSPS) is 17.6. The third-order valence-corrected chi connectivity index (χ3v) is 5.46. The molecule has 1 aromatic carbocycles. The van der Waals surface area contributed by atoms with E-state index in [9.17, 15) is 9.90 Å². The van der Waals surface area contributed by atoms with Crippen LogP contribution in [0.3, 0.4) is 0 Å². The molecule has 0 saturated carbocycles. The van der Waals surface area contributed by atoms with Crippen LogP contribution in [0.1, 0.15) is 45.7 Å². The number of amides is 1. The Morgan fingerprint density at radius 3 is 2.68 bits per heavy atom. The van der Waals surface area contributed by atoms with Crippen molar-refractivity contribution < 1.29 is 9.90 Å². The van der Waals surface area contributed by atoms with E-state index >= 15 is 0 Å². The first-order chi connectivity index (χ1) is 13.2. The van der Waals surface area contributed by atoms with Crippen LogP contribution in [0.2, 0.25) is 0 Å². The zero-order chi connectivity index (χ0) is 18.6. The number of rotatable bonds is 5. The van der Waals surface area contributed by atoms with Gasteiger partial charge in [-0.2, -0.15) is 5.10 Å². The molecule has 2 aliphatic heterocycles. The SMILES string of the molecule is Cl.O=C(NCc1ccc(CN2CCC(O)CC2)cc1)c1n[nH]c2c1CNCC2. The Kier molecular flexibility index (Phi) is 7.07. The molecule has 152 valence electrons. The van der Waals surface area contributed by atoms with Crippen LogP contribution in [0.15, 0.2) is 24.3 Å². The van der Waals surface area contributed by atoms with Crippen molar-refractivity contribution >= 4 is 18.3 Å². The number of benzene rings is 1. The van der Waals surface area contributed by atoms with Crippen molar-refractivity contribution in [1.82, 2.24) is 25.7 Å². The number of aliphatic hydroxyl groups is 1. The number of H-pyrrole nitrogens is 1. The van der Waals surface area contributed by atoms with Gasteiger partial charge in [-0.05, 0) is 24.0 Å². The number of nitrogens with zero attached hydrogens (tertiary/aromatic N) is 2. The average Bonchev–Trinajstić information content (AvgIpc) is 3.13. The summed E-state index contributed by atoms with van der Waals surface area (Å²) in [6.45, 7) is 4.90. The first kappa shape index (κ1) is 20.8. The minimum atomic E-state index is -0.136. The predicted octanol–water partition coefficient (Wildman–Crippen LogP) is 1.36. The lowest BCUT2D eigenvalue weighted by Crippen LogP contribution is -2.35. The van der Waals surface area contributed by atoms with E-state index in [-0.39, 0.29) is 24.4 Å². The van der Waals surface area contributed by atoms with E-state index in [1.54, 1.807) is 0 Å². The van der Waals surface area contributed by atoms with E-state index in [4.69, 9.17) is 0 Å². The topological polar surface area (TPSA) is 93.3 Å². The van der Waals surface area contributed by atoms with Gasteiger partial charge in [0.25, 0.3) is 5.91 Å². The highest BCUT2D eigenvalue weighted by Gasteiger charge is 2.21. The summed E-state index contributed by atoms with van der Waals surface area (Å²) < 4.78 is 0. The number of carbonyl (C=O) groups is 1. The van der Waals surface area contributed by atoms with Gasteiger partial charge < -0.3 is 15.7 Å². The third-order valence-electron chi connectivity index (χ3n) is 5.46. The van der Waals surface area contributed by atoms with Crippen LogP contribution in [0.5, 0.6) is 0 Å². The molecule has 1 saturated heterocycles. The molecule has 0 aliphatic carbocycles. The lowest BCUT2D eigenvalue weighted by atomic mass is 10.1. The van der Waals surface area contributed by atoms with Gasteiger partial charge in [-0.15, -0.1) is 12.4 Å². The molecule has 7 nitrogen and oxygen atoms in total. The second-order valence-electron chi connectivity index (χ2n) is 7.46. The highest BCUT2D eigenvalue weighted by molar-refractivity contribution is 5.94. The van der Waals surface area contributed by atoms with Gasteiger partial charge in [0.15, 0.2) is 5.69 Å². The summed E-state index contributed by atoms with van der Waals surface area (Å²) in [4.78, 5) is 14.8. The molecule has 1 aromatic heterocycles. The average molecular weight is 406 g/mol. The molecule has 0 radical (unpaired) electrons. The van der Waals surface area contributed by atoms with Crippen molar-refractivity contribution in [3.05, 3.63) is 52.3 Å². The third kappa shape index (κ3) is 4.91. The van der Waals surface area contributed by atoms with Gasteiger partial charge in [-0.3, -0.25) is 14.8 Å². The fraction of sp³-hybridized carbons (Fsp3) is 0.500. The molecule has 2 aromatic rings. The van der Waals surface area contributed by atoms with Gasteiger partial charge in [0.2, 0.25) is 0 Å². The Balaban J connectivity index is 0.00000225. The molecule has 1 amide bonds. The van der Waals surface area contributed by atoms with Crippen molar-refractivity contribution in [1.29, 1.82) is 0 Å². The van der Waals surface area contributed by atoms with E-state index in [1.165, 1.54) is 5.56 Å². The number of halogens is 1. The number of hydrogen-bond donors (Lipinski definition) is 4. The first-order valence-electron chi connectivity index (χ1n) is 9.72. The van der Waals surface area contributed by atoms with Crippen LogP contribution in [-0.2, 0) is 26.1 Å². The van der Waals surface area contributed by atoms with Crippen LogP contribution >= 0.6 is 12.4 Å². The number of fused-ring (bicyclic) bond motifs is 1. The fourth-order valence-corrected chi connectivity index (χ4v) is 3.78. The van der Waals surface area contributed by atoms with E-state index in [0.717, 1.165) is 62.3 Å². The van der Waals surface area contributed by atoms with E-state index in [2.05, 4.69) is 50.0 Å². The van der Waals surface area contributed by atoms with Gasteiger partial charge in [0.1, 0.15) is 0 Å². The van der Waals surface area contributed by atoms with Gasteiger partial charge >= 0.3 is 0 Å². The Hall–Kier alpha value is -1.93. The summed E-state index contributed by atoms with van der Waals surface area (Å²) >= 11 is 0. The summed E-state index contributed by atoms with van der Waals surface area (Å²) in [5.41, 5.74) is 4.88. The highest BCUT2D eigenvalue weighted by atomic mass is 35.5. The minimum absolute atomic E-state index is 0. The maximum atomic E-state index is 12.5. The van der Waals surface area contributed by atoms with Crippen LogP contribution < -0.4 is 10.6 Å². The lowest BCUT2D eigenvalue weighted by molar-refractivity contribution is 0.0792. The number of aliphatic hydroxyl groups excluding tert-OH is 1. The van der Waals surface area contributed by atoms with E-state index in [0.29, 0.717) is 18.8 Å². The van der Waals surface area contributed by atoms with Crippen molar-refractivity contribution in [2.45, 2.75) is 45.0 Å². The van der Waals surface area contributed by atoms with Crippen LogP contribution in [0.4, 0.5) is 0 Å². The molecule has 4 N–H and O–H groups in total. The molecule has 4 rings (SSSR count). The number of nitrogens with one attached hydrogen (secondary N) is 3. The number of hydrogen-bond acceptors (Lipinski definition) is 5. The summed E-state index contributed by atoms with van der Waals surface area (Å²) in [6, 6.07) is 8.37. The Morgan fingerprint density at radius 1 is 1.21 bits per heavy atom. The van der Waals surface area contributed by atoms with Gasteiger partial charge in [-0.1, -0.05) is 24.3 Å². The van der Waals surface area contributed by atoms with E-state index < -0.39 is 0 Å². The number of aromatic nitrogens is 2. The van der Waals surface area contributed by atoms with Crippen molar-refractivity contribution in [2.24, 2.45) is 0 Å². The maximum Gasteiger partial charge on any atom is 0.272 e. The van der Waals surface area contributed by atoms with Crippen LogP contribution in [0.25, 0.3) is 0 Å². The second-order valence-corrected chi connectivity index (χ2v) is 7.46. The minimum Gasteiger partial charge on any atom is -0.393 e. The van der Waals surface area contributed by atoms with E-state index in [1.807, 2.05) is 0 Å². The number of likely N-dealkylation sites (tertiary alicyclic amines) is 1. The van der Waals surface area contributed by atoms with Crippen LogP contribution in [-0.4, -0.2) is 51.8 Å². The fourth-order valence-electron chi connectivity index (χ4n) is 3.78. The zero-order valence-electron chi connectivity index (χ0n) is 15.9. The highest BCUT2D eigenvalue weighted by Crippen LogP contribution is 2.16. The standard InChI is InChI=1S/C20H27N5O2.ClH/c26-16-6-9-25(10-7-16)13-15-3-1-14(2-4-15)11-22-20(27)19-17-12-21-8-5-18(17)23-24-19;/h1-4,16,21,26H,5-13H2,(H,22,27)(H,23,24);1H. The van der Waals surface area contributed by atoms with Crippen molar-refractivity contribution in [3.63, 3.8) is 0 Å². The van der Waals surface area contributed by atoms with Crippen molar-refractivity contribution in [2.75, 3.05) is 19.6 Å². The summed E-state index contributed by atoms with van der Waals surface area (Å²) in [5.74, 6) is -0.132. The molecular weight excluding hydrogens is 378 g/mol. The molecule has 8 heteroatoms. The Bertz CT molecular complexity index is 784. The molecular formula is C20H28ClN5O2. The quantitative estimate of drug-likeness (QED) is 0.602. The molecule has 0 bridgehead atoms. The molecule has 0 atom stereocenters. The van der Waals surface area contributed by atoms with Gasteiger partial charge in [0.05, 0.1) is 6.10 Å². The molecule has 28 heavy (non-hydrogen) atoms. The van der Waals surface area contributed by atoms with Gasteiger partial charge in [0, 0.05) is 56.9 Å². The Morgan fingerprint density at radius 2 is 1.93 bits per heavy atom. The lowest BCUT2D eigenvalue weighted by Gasteiger charge is -2.29. The monoisotopic (exact) mass is 405 g/mol. The summed E-state index contributed by atoms with van der Waals surface area (Å²) in [5, 5.41) is 23.0. The maximum absolute atomic E-state index is 12.5. The van der Waals surface area contributed by atoms with Gasteiger partial charge in [-0.25, -0.2) is 0 Å². The predicted molar refractivity (Wildman–Crippen MR) is 109 cm³/mol. The molecule has 2 aliphatic rings. The largest absolute Gasteiger partial charge is 0.393 e. The molecule has 1 fully saturated rings. The Labute approximate surface area is 171 Å². The first-order valence-corrected chi connectivity index (χ1v) is 9.72. The van der Waals surface area contributed by atoms with Crippen LogP contribution in [0, 0.1) is 0 Å². The smallest absolute Gasteiger partial charge is 0.272 e. The molecule has 0 unspecified atom stereocenters. The summed E-state index contributed by atoms with van der Waals surface area (Å²) in [6.07, 6.45) is 2.46.